The average Bonchev–Trinajstić information content (AvgIpc) is 2.91. The Labute approximate surface area is 125 Å². The fraction of sp³-hybridized carbons (Fsp3) is 0.867. The number of hydrogen-bond donors (Lipinski definition) is 2. The molecule has 6 nitrogen and oxygen atoms in total. The van der Waals surface area contributed by atoms with Crippen LogP contribution in [0, 0.1) is 17.8 Å². The maximum absolute atomic E-state index is 12.8. The monoisotopic (exact) mass is 298 g/mol. The molecular weight excluding hydrogens is 272 g/mol. The molecule has 3 unspecified atom stereocenters. The fourth-order valence-electron chi connectivity index (χ4n) is 3.81. The van der Waals surface area contributed by atoms with Crippen molar-refractivity contribution in [1.82, 2.24) is 9.80 Å². The molecule has 0 aromatic rings. The van der Waals surface area contributed by atoms with E-state index in [0.717, 1.165) is 0 Å². The molecule has 0 bridgehead atoms. The van der Waals surface area contributed by atoms with Gasteiger partial charge in [-0.15, -0.1) is 0 Å². The number of likely N-dealkylation sites (N-methyl/N-ethyl adjacent to an activating group) is 1. The first-order valence-corrected chi connectivity index (χ1v) is 7.65. The van der Waals surface area contributed by atoms with Crippen LogP contribution in [-0.2, 0) is 9.59 Å². The minimum atomic E-state index is -0.874. The topological polar surface area (TPSA) is 81.1 Å². The van der Waals surface area contributed by atoms with Crippen molar-refractivity contribution in [3.05, 3.63) is 0 Å². The SMILES string of the molecule is CC1C[C@H](C(=O)N2CC(O)CC2CN(C)C)[C@H](C(=O)O)C1. The summed E-state index contributed by atoms with van der Waals surface area (Å²) in [5.74, 6) is -1.71. The summed E-state index contributed by atoms with van der Waals surface area (Å²) in [5, 5.41) is 19.2. The summed E-state index contributed by atoms with van der Waals surface area (Å²) in [6, 6.07) is -0.0205. The van der Waals surface area contributed by atoms with Crippen molar-refractivity contribution < 1.29 is 19.8 Å². The standard InChI is InChI=1S/C15H26N2O4/c1-9-4-12(13(5-9)15(20)21)14(19)17-8-11(18)6-10(17)7-16(2)3/h9-13,18H,4-8H2,1-3H3,(H,20,21)/t9?,10?,11?,12-,13+/m0/s1. The van der Waals surface area contributed by atoms with Gasteiger partial charge in [0, 0.05) is 19.1 Å². The van der Waals surface area contributed by atoms with Crippen LogP contribution in [0.3, 0.4) is 0 Å². The highest BCUT2D eigenvalue weighted by Crippen LogP contribution is 2.38. The number of hydrogen-bond acceptors (Lipinski definition) is 4. The average molecular weight is 298 g/mol. The Kier molecular flexibility index (Phi) is 4.88. The number of amides is 1. The van der Waals surface area contributed by atoms with Gasteiger partial charge in [0.15, 0.2) is 0 Å². The lowest BCUT2D eigenvalue weighted by atomic mass is 9.94. The number of rotatable bonds is 4. The van der Waals surface area contributed by atoms with E-state index in [0.29, 0.717) is 32.4 Å². The maximum atomic E-state index is 12.8. The van der Waals surface area contributed by atoms with Gasteiger partial charge in [-0.05, 0) is 39.3 Å². The number of aliphatic hydroxyl groups is 1. The van der Waals surface area contributed by atoms with Crippen LogP contribution in [-0.4, -0.2) is 71.2 Å². The van der Waals surface area contributed by atoms with Gasteiger partial charge in [0.2, 0.25) is 5.91 Å². The summed E-state index contributed by atoms with van der Waals surface area (Å²) in [4.78, 5) is 27.9. The van der Waals surface area contributed by atoms with E-state index < -0.39 is 23.9 Å². The molecule has 5 atom stereocenters. The molecule has 21 heavy (non-hydrogen) atoms. The lowest BCUT2D eigenvalue weighted by molar-refractivity contribution is -0.149. The first-order chi connectivity index (χ1) is 9.79. The zero-order valence-electron chi connectivity index (χ0n) is 13.0. The molecule has 6 heteroatoms. The summed E-state index contributed by atoms with van der Waals surface area (Å²) in [7, 11) is 3.87. The van der Waals surface area contributed by atoms with Crippen molar-refractivity contribution in [3.8, 4) is 0 Å². The third kappa shape index (κ3) is 3.55. The number of carboxylic acids is 1. The number of nitrogens with zero attached hydrogens (tertiary/aromatic N) is 2. The van der Waals surface area contributed by atoms with E-state index in [1.54, 1.807) is 4.90 Å². The van der Waals surface area contributed by atoms with E-state index in [-0.39, 0.29) is 17.9 Å². The summed E-state index contributed by atoms with van der Waals surface area (Å²) in [5.41, 5.74) is 0. The van der Waals surface area contributed by atoms with E-state index in [1.807, 2.05) is 25.9 Å². The number of carboxylic acid groups (broad SMARTS) is 1. The van der Waals surface area contributed by atoms with Crippen molar-refractivity contribution >= 4 is 11.9 Å². The van der Waals surface area contributed by atoms with Crippen LogP contribution in [0.25, 0.3) is 0 Å². The predicted octanol–water partition coefficient (Wildman–Crippen LogP) is 0.257. The second-order valence-electron chi connectivity index (χ2n) is 6.92. The second kappa shape index (κ2) is 6.32. The molecule has 0 radical (unpaired) electrons. The van der Waals surface area contributed by atoms with Crippen LogP contribution < -0.4 is 0 Å². The Morgan fingerprint density at radius 1 is 1.19 bits per heavy atom. The van der Waals surface area contributed by atoms with Crippen molar-refractivity contribution in [2.75, 3.05) is 27.2 Å². The molecule has 2 fully saturated rings. The van der Waals surface area contributed by atoms with E-state index in [9.17, 15) is 19.8 Å². The molecule has 1 saturated heterocycles. The molecule has 1 aliphatic carbocycles. The number of aliphatic carboxylic acids is 1. The van der Waals surface area contributed by atoms with E-state index in [2.05, 4.69) is 0 Å². The van der Waals surface area contributed by atoms with Crippen molar-refractivity contribution in [2.24, 2.45) is 17.8 Å². The highest BCUT2D eigenvalue weighted by atomic mass is 16.4. The molecule has 120 valence electrons. The molecule has 1 saturated carbocycles. The number of carbonyl (C=O) groups is 2. The molecule has 0 aromatic carbocycles. The van der Waals surface area contributed by atoms with Crippen LogP contribution in [0.15, 0.2) is 0 Å². The van der Waals surface area contributed by atoms with Gasteiger partial charge in [-0.1, -0.05) is 6.92 Å². The third-order valence-corrected chi connectivity index (χ3v) is 4.68. The molecule has 1 amide bonds. The highest BCUT2D eigenvalue weighted by molar-refractivity contribution is 5.85. The van der Waals surface area contributed by atoms with Crippen molar-refractivity contribution in [1.29, 1.82) is 0 Å². The Bertz CT molecular complexity index is 412. The first kappa shape index (κ1) is 16.2. The molecular formula is C15H26N2O4. The summed E-state index contributed by atoms with van der Waals surface area (Å²) >= 11 is 0. The summed E-state index contributed by atoms with van der Waals surface area (Å²) < 4.78 is 0. The van der Waals surface area contributed by atoms with Crippen molar-refractivity contribution in [2.45, 2.75) is 38.3 Å². The predicted molar refractivity (Wildman–Crippen MR) is 77.7 cm³/mol. The third-order valence-electron chi connectivity index (χ3n) is 4.68. The van der Waals surface area contributed by atoms with Gasteiger partial charge in [-0.3, -0.25) is 9.59 Å². The van der Waals surface area contributed by atoms with Gasteiger partial charge in [-0.25, -0.2) is 0 Å². The van der Waals surface area contributed by atoms with Crippen LogP contribution in [0.2, 0.25) is 0 Å². The lowest BCUT2D eigenvalue weighted by Gasteiger charge is -2.30. The van der Waals surface area contributed by atoms with Crippen LogP contribution in [0.1, 0.15) is 26.2 Å². The smallest absolute Gasteiger partial charge is 0.307 e. The normalized spacial score (nSPS) is 36.4. The molecule has 2 aliphatic rings. The van der Waals surface area contributed by atoms with E-state index >= 15 is 0 Å². The fourth-order valence-corrected chi connectivity index (χ4v) is 3.81. The zero-order chi connectivity index (χ0) is 15.7. The van der Waals surface area contributed by atoms with Gasteiger partial charge < -0.3 is 20.0 Å². The van der Waals surface area contributed by atoms with Gasteiger partial charge in [-0.2, -0.15) is 0 Å². The maximum Gasteiger partial charge on any atom is 0.307 e. The Hall–Kier alpha value is -1.14. The van der Waals surface area contributed by atoms with Gasteiger partial charge in [0.1, 0.15) is 0 Å². The lowest BCUT2D eigenvalue weighted by Crippen LogP contribution is -2.45. The molecule has 1 aliphatic heterocycles. The minimum absolute atomic E-state index is 0.0205. The zero-order valence-corrected chi connectivity index (χ0v) is 13.0. The Balaban J connectivity index is 2.11. The number of likely N-dealkylation sites (tertiary alicyclic amines) is 1. The van der Waals surface area contributed by atoms with Crippen molar-refractivity contribution in [3.63, 3.8) is 0 Å². The van der Waals surface area contributed by atoms with Crippen LogP contribution in [0.5, 0.6) is 0 Å². The van der Waals surface area contributed by atoms with Crippen LogP contribution in [0.4, 0.5) is 0 Å². The quantitative estimate of drug-likeness (QED) is 0.778. The molecule has 1 heterocycles. The molecule has 2 N–H and O–H groups in total. The second-order valence-corrected chi connectivity index (χ2v) is 6.92. The van der Waals surface area contributed by atoms with E-state index in [1.165, 1.54) is 0 Å². The first-order valence-electron chi connectivity index (χ1n) is 7.65. The molecule has 2 rings (SSSR count). The summed E-state index contributed by atoms with van der Waals surface area (Å²) in [6.07, 6.45) is 1.28. The number of aliphatic hydroxyl groups excluding tert-OH is 1. The van der Waals surface area contributed by atoms with Gasteiger partial charge in [0.25, 0.3) is 0 Å². The largest absolute Gasteiger partial charge is 0.481 e. The Morgan fingerprint density at radius 3 is 2.38 bits per heavy atom. The number of β-amino-alcohol motifs (C(OH)–C–C–N with tert-alkyl or cyclic N) is 1. The van der Waals surface area contributed by atoms with Crippen LogP contribution >= 0.6 is 0 Å². The highest BCUT2D eigenvalue weighted by Gasteiger charge is 2.45. The molecule has 0 aromatic heterocycles. The minimum Gasteiger partial charge on any atom is -0.481 e. The Morgan fingerprint density at radius 2 is 1.81 bits per heavy atom. The van der Waals surface area contributed by atoms with E-state index in [4.69, 9.17) is 0 Å². The molecule has 0 spiro atoms. The van der Waals surface area contributed by atoms with Gasteiger partial charge in [0.05, 0.1) is 17.9 Å². The summed E-state index contributed by atoms with van der Waals surface area (Å²) in [6.45, 7) is 3.02. The number of carbonyl (C=O) groups excluding carboxylic acids is 1. The van der Waals surface area contributed by atoms with Gasteiger partial charge >= 0.3 is 5.97 Å².